The van der Waals surface area contributed by atoms with E-state index in [1.54, 1.807) is 12.8 Å². The number of carbonyl (C=O) groups is 1. The molecular weight excluding hydrogens is 190 g/mol. The third-order valence-corrected chi connectivity index (χ3v) is 2.46. The molecule has 15 heavy (non-hydrogen) atoms. The number of amides is 1. The summed E-state index contributed by atoms with van der Waals surface area (Å²) in [5.74, 6) is 0.506. The first-order valence-electron chi connectivity index (χ1n) is 5.08. The van der Waals surface area contributed by atoms with E-state index in [0.717, 1.165) is 0 Å². The van der Waals surface area contributed by atoms with Gasteiger partial charge in [-0.3, -0.25) is 4.79 Å². The van der Waals surface area contributed by atoms with Crippen LogP contribution in [0.4, 0.5) is 0 Å². The SMILES string of the molecule is CC(C)(C)[C@@H](CO)NC(=O)[C]1[CH][CH][CH][CH]1. The molecule has 3 nitrogen and oxygen atoms in total. The topological polar surface area (TPSA) is 49.3 Å². The lowest BCUT2D eigenvalue weighted by atomic mass is 9.87. The van der Waals surface area contributed by atoms with Crippen molar-refractivity contribution in [1.82, 2.24) is 5.32 Å². The van der Waals surface area contributed by atoms with Gasteiger partial charge in [0.05, 0.1) is 18.6 Å². The molecule has 83 valence electrons. The van der Waals surface area contributed by atoms with Crippen LogP contribution in [0.1, 0.15) is 20.8 Å². The fourth-order valence-corrected chi connectivity index (χ4v) is 1.30. The third-order valence-electron chi connectivity index (χ3n) is 2.46. The van der Waals surface area contributed by atoms with Crippen molar-refractivity contribution in [1.29, 1.82) is 0 Å². The monoisotopic (exact) mass is 208 g/mol. The van der Waals surface area contributed by atoms with Crippen molar-refractivity contribution in [3.8, 4) is 0 Å². The molecule has 0 aromatic carbocycles. The van der Waals surface area contributed by atoms with Gasteiger partial charge in [0, 0.05) is 0 Å². The smallest absolute Gasteiger partial charge is 0.228 e. The molecule has 1 atom stereocenters. The minimum absolute atomic E-state index is 0.0457. The van der Waals surface area contributed by atoms with Gasteiger partial charge in [-0.2, -0.15) is 0 Å². The second-order valence-electron chi connectivity index (χ2n) is 4.75. The van der Waals surface area contributed by atoms with Crippen LogP contribution < -0.4 is 5.32 Å². The van der Waals surface area contributed by atoms with Crippen molar-refractivity contribution in [3.05, 3.63) is 31.6 Å². The Hall–Kier alpha value is -0.570. The molecule has 3 heteroatoms. The van der Waals surface area contributed by atoms with E-state index in [-0.39, 0.29) is 24.0 Å². The summed E-state index contributed by atoms with van der Waals surface area (Å²) in [6.45, 7) is 5.91. The van der Waals surface area contributed by atoms with E-state index in [0.29, 0.717) is 5.92 Å². The number of rotatable bonds is 3. The summed E-state index contributed by atoms with van der Waals surface area (Å²) >= 11 is 0. The first kappa shape index (κ1) is 12.5. The Balaban J connectivity index is 2.47. The molecule has 1 fully saturated rings. The average Bonchev–Trinajstić information content (AvgIpc) is 2.64. The maximum Gasteiger partial charge on any atom is 0.228 e. The molecule has 0 aliphatic heterocycles. The van der Waals surface area contributed by atoms with Crippen molar-refractivity contribution in [2.75, 3.05) is 6.61 Å². The number of hydrogen-bond donors (Lipinski definition) is 2. The largest absolute Gasteiger partial charge is 0.394 e. The Morgan fingerprint density at radius 3 is 2.33 bits per heavy atom. The Kier molecular flexibility index (Phi) is 4.14. The number of aliphatic hydroxyl groups excluding tert-OH is 1. The lowest BCUT2D eigenvalue weighted by Crippen LogP contribution is -2.47. The number of aliphatic hydroxyl groups is 1. The van der Waals surface area contributed by atoms with E-state index < -0.39 is 0 Å². The van der Waals surface area contributed by atoms with Crippen LogP contribution in [0.25, 0.3) is 0 Å². The van der Waals surface area contributed by atoms with Crippen molar-refractivity contribution in [2.24, 2.45) is 5.41 Å². The van der Waals surface area contributed by atoms with E-state index in [1.807, 2.05) is 33.6 Å². The van der Waals surface area contributed by atoms with Crippen LogP contribution in [0.3, 0.4) is 0 Å². The van der Waals surface area contributed by atoms with Gasteiger partial charge in [0.2, 0.25) is 5.91 Å². The summed E-state index contributed by atoms with van der Waals surface area (Å²) in [5, 5.41) is 12.0. The quantitative estimate of drug-likeness (QED) is 0.724. The van der Waals surface area contributed by atoms with E-state index in [9.17, 15) is 9.90 Å². The first-order chi connectivity index (χ1) is 6.95. The van der Waals surface area contributed by atoms with Crippen LogP contribution in [-0.4, -0.2) is 23.7 Å². The normalized spacial score (nSPS) is 20.3. The van der Waals surface area contributed by atoms with Crippen LogP contribution >= 0.6 is 0 Å². The first-order valence-corrected chi connectivity index (χ1v) is 5.08. The molecule has 0 spiro atoms. The number of carbonyl (C=O) groups excluding carboxylic acids is 1. The maximum atomic E-state index is 11.7. The minimum atomic E-state index is -0.222. The van der Waals surface area contributed by atoms with Gasteiger partial charge in [0.15, 0.2) is 0 Å². The lowest BCUT2D eigenvalue weighted by Gasteiger charge is -2.30. The molecule has 2 N–H and O–H groups in total. The van der Waals surface area contributed by atoms with Crippen molar-refractivity contribution in [3.63, 3.8) is 0 Å². The highest BCUT2D eigenvalue weighted by molar-refractivity contribution is 5.96. The predicted molar refractivity (Wildman–Crippen MR) is 58.9 cm³/mol. The zero-order chi connectivity index (χ0) is 11.5. The molecule has 0 heterocycles. The highest BCUT2D eigenvalue weighted by Crippen LogP contribution is 2.25. The molecule has 1 aliphatic rings. The van der Waals surface area contributed by atoms with Gasteiger partial charge >= 0.3 is 0 Å². The molecule has 1 rings (SSSR count). The van der Waals surface area contributed by atoms with Gasteiger partial charge in [0.1, 0.15) is 0 Å². The van der Waals surface area contributed by atoms with Gasteiger partial charge in [-0.05, 0) is 31.1 Å². The van der Waals surface area contributed by atoms with Gasteiger partial charge in [-0.1, -0.05) is 20.8 Å². The van der Waals surface area contributed by atoms with Gasteiger partial charge in [-0.15, -0.1) is 0 Å². The molecule has 5 radical (unpaired) electrons. The minimum Gasteiger partial charge on any atom is -0.394 e. The second-order valence-corrected chi connectivity index (χ2v) is 4.75. The Morgan fingerprint density at radius 2 is 1.93 bits per heavy atom. The molecule has 0 aromatic heterocycles. The Morgan fingerprint density at radius 1 is 1.40 bits per heavy atom. The number of nitrogens with one attached hydrogen (secondary N) is 1. The molecule has 1 aliphatic carbocycles. The van der Waals surface area contributed by atoms with Crippen molar-refractivity contribution in [2.45, 2.75) is 26.8 Å². The van der Waals surface area contributed by atoms with E-state index >= 15 is 0 Å². The third kappa shape index (κ3) is 3.49. The Labute approximate surface area is 92.3 Å². The summed E-state index contributed by atoms with van der Waals surface area (Å²) in [4.78, 5) is 11.7. The van der Waals surface area contributed by atoms with Crippen molar-refractivity contribution < 1.29 is 9.90 Å². The molecule has 0 saturated heterocycles. The van der Waals surface area contributed by atoms with Crippen LogP contribution in [0.2, 0.25) is 0 Å². The molecule has 0 bridgehead atoms. The van der Waals surface area contributed by atoms with E-state index in [4.69, 9.17) is 0 Å². The molecule has 1 amide bonds. The fourth-order valence-electron chi connectivity index (χ4n) is 1.30. The van der Waals surface area contributed by atoms with Gasteiger partial charge in [-0.25, -0.2) is 0 Å². The molecular formula is C12H18NO2. The second kappa shape index (κ2) is 4.97. The molecule has 0 unspecified atom stereocenters. The summed E-state index contributed by atoms with van der Waals surface area (Å²) in [5.41, 5.74) is -0.142. The standard InChI is InChI=1S/C12H18NO2/c1-12(2,3)10(8-14)13-11(15)9-6-4-5-7-9/h4-7,10,14H,8H2,1-3H3,(H,13,15)/t10-/m1/s1. The molecule has 0 aromatic rings. The van der Waals surface area contributed by atoms with Gasteiger partial charge < -0.3 is 10.4 Å². The summed E-state index contributed by atoms with van der Waals surface area (Å²) < 4.78 is 0. The van der Waals surface area contributed by atoms with Crippen LogP contribution in [0.15, 0.2) is 0 Å². The van der Waals surface area contributed by atoms with Gasteiger partial charge in [0.25, 0.3) is 0 Å². The van der Waals surface area contributed by atoms with Crippen LogP contribution in [0.5, 0.6) is 0 Å². The van der Waals surface area contributed by atoms with E-state index in [1.165, 1.54) is 0 Å². The number of hydrogen-bond acceptors (Lipinski definition) is 2. The summed E-state index contributed by atoms with van der Waals surface area (Å²) in [6, 6.07) is -0.222. The highest BCUT2D eigenvalue weighted by Gasteiger charge is 2.30. The van der Waals surface area contributed by atoms with Crippen molar-refractivity contribution >= 4 is 5.91 Å². The Bertz CT molecular complexity index is 214. The molecule has 1 saturated carbocycles. The maximum absolute atomic E-state index is 11.7. The predicted octanol–water partition coefficient (Wildman–Crippen LogP) is 0.915. The summed E-state index contributed by atoms with van der Waals surface area (Å²) in [7, 11) is 0. The highest BCUT2D eigenvalue weighted by atomic mass is 16.3. The van der Waals surface area contributed by atoms with Crippen LogP contribution in [0, 0.1) is 37.0 Å². The lowest BCUT2D eigenvalue weighted by molar-refractivity contribution is -0.120. The van der Waals surface area contributed by atoms with E-state index in [2.05, 4.69) is 5.32 Å². The fraction of sp³-hybridized carbons (Fsp3) is 0.500. The zero-order valence-electron chi connectivity index (χ0n) is 9.45. The summed E-state index contributed by atoms with van der Waals surface area (Å²) in [6.07, 6.45) is 7.15. The average molecular weight is 208 g/mol. The zero-order valence-corrected chi connectivity index (χ0v) is 9.45. The van der Waals surface area contributed by atoms with Crippen LogP contribution in [-0.2, 0) is 4.79 Å².